The van der Waals surface area contributed by atoms with Crippen molar-refractivity contribution in [1.82, 2.24) is 10.6 Å². The highest BCUT2D eigenvalue weighted by Crippen LogP contribution is 2.18. The van der Waals surface area contributed by atoms with Crippen LogP contribution in [0.3, 0.4) is 0 Å². The molecule has 1 aromatic rings. The maximum Gasteiger partial charge on any atom is 0.191 e. The van der Waals surface area contributed by atoms with Crippen molar-refractivity contribution in [2.75, 3.05) is 13.6 Å². The van der Waals surface area contributed by atoms with Crippen molar-refractivity contribution in [3.8, 4) is 0 Å². The Morgan fingerprint density at radius 2 is 2.10 bits per heavy atom. The molecule has 21 heavy (non-hydrogen) atoms. The zero-order chi connectivity index (χ0) is 14.4. The Balaban J connectivity index is 0.00000220. The summed E-state index contributed by atoms with van der Waals surface area (Å²) in [6.45, 7) is 0.782. The highest BCUT2D eigenvalue weighted by molar-refractivity contribution is 14.0. The largest absolute Gasteiger partial charge is 0.356 e. The molecular formula is C15H22BrFIN3. The molecule has 1 aliphatic rings. The fourth-order valence-electron chi connectivity index (χ4n) is 2.48. The molecule has 1 saturated carbocycles. The Labute approximate surface area is 151 Å². The number of guanidine groups is 1. The van der Waals surface area contributed by atoms with Gasteiger partial charge in [-0.3, -0.25) is 4.99 Å². The summed E-state index contributed by atoms with van der Waals surface area (Å²) in [7, 11) is 1.79. The minimum Gasteiger partial charge on any atom is -0.356 e. The molecule has 0 unspecified atom stereocenters. The van der Waals surface area contributed by atoms with E-state index in [0.717, 1.165) is 24.5 Å². The van der Waals surface area contributed by atoms with Gasteiger partial charge in [0.05, 0.1) is 4.47 Å². The van der Waals surface area contributed by atoms with Crippen molar-refractivity contribution in [2.24, 2.45) is 4.99 Å². The van der Waals surface area contributed by atoms with Crippen molar-refractivity contribution in [3.63, 3.8) is 0 Å². The summed E-state index contributed by atoms with van der Waals surface area (Å²) >= 11 is 3.21. The second kappa shape index (κ2) is 9.61. The van der Waals surface area contributed by atoms with Gasteiger partial charge in [0, 0.05) is 19.6 Å². The van der Waals surface area contributed by atoms with E-state index in [4.69, 9.17) is 0 Å². The molecule has 0 aromatic heterocycles. The molecule has 1 fully saturated rings. The van der Waals surface area contributed by atoms with E-state index in [2.05, 4.69) is 31.6 Å². The quantitative estimate of drug-likeness (QED) is 0.399. The van der Waals surface area contributed by atoms with Gasteiger partial charge in [0.25, 0.3) is 0 Å². The van der Waals surface area contributed by atoms with Crippen LogP contribution < -0.4 is 10.6 Å². The lowest BCUT2D eigenvalue weighted by atomic mass is 10.1. The first-order valence-electron chi connectivity index (χ1n) is 7.10. The second-order valence-electron chi connectivity index (χ2n) is 5.12. The van der Waals surface area contributed by atoms with Crippen LogP contribution in [0.15, 0.2) is 27.7 Å². The fraction of sp³-hybridized carbons (Fsp3) is 0.533. The highest BCUT2D eigenvalue weighted by Gasteiger charge is 2.15. The van der Waals surface area contributed by atoms with Gasteiger partial charge in [-0.1, -0.05) is 18.9 Å². The summed E-state index contributed by atoms with van der Waals surface area (Å²) < 4.78 is 13.7. The predicted octanol–water partition coefficient (Wildman–Crippen LogP) is 3.86. The van der Waals surface area contributed by atoms with E-state index in [0.29, 0.717) is 10.5 Å². The van der Waals surface area contributed by atoms with E-state index in [-0.39, 0.29) is 29.8 Å². The molecule has 0 saturated heterocycles. The third kappa shape index (κ3) is 6.10. The van der Waals surface area contributed by atoms with Gasteiger partial charge >= 0.3 is 0 Å². The van der Waals surface area contributed by atoms with Gasteiger partial charge in [-0.15, -0.1) is 24.0 Å². The molecule has 2 rings (SSSR count). The summed E-state index contributed by atoms with van der Waals surface area (Å²) in [6, 6.07) is 5.69. The minimum absolute atomic E-state index is 0. The van der Waals surface area contributed by atoms with Crippen LogP contribution in [-0.2, 0) is 6.42 Å². The lowest BCUT2D eigenvalue weighted by Crippen LogP contribution is -2.42. The Morgan fingerprint density at radius 1 is 1.38 bits per heavy atom. The summed E-state index contributed by atoms with van der Waals surface area (Å²) in [4.78, 5) is 4.24. The average Bonchev–Trinajstić information content (AvgIpc) is 2.94. The summed E-state index contributed by atoms with van der Waals surface area (Å²) in [6.07, 6.45) is 5.90. The number of nitrogens with one attached hydrogen (secondary N) is 2. The van der Waals surface area contributed by atoms with Gasteiger partial charge in [-0.2, -0.15) is 0 Å². The van der Waals surface area contributed by atoms with Crippen LogP contribution in [-0.4, -0.2) is 25.6 Å². The van der Waals surface area contributed by atoms with E-state index >= 15 is 0 Å². The molecule has 0 radical (unpaired) electrons. The number of rotatable bonds is 4. The first-order valence-corrected chi connectivity index (χ1v) is 7.89. The fourth-order valence-corrected chi connectivity index (χ4v) is 2.90. The van der Waals surface area contributed by atoms with Crippen molar-refractivity contribution in [2.45, 2.75) is 38.1 Å². The van der Waals surface area contributed by atoms with E-state index in [1.807, 2.05) is 12.1 Å². The minimum atomic E-state index is -0.222. The molecule has 0 heterocycles. The van der Waals surface area contributed by atoms with Crippen LogP contribution in [0.5, 0.6) is 0 Å². The highest BCUT2D eigenvalue weighted by atomic mass is 127. The van der Waals surface area contributed by atoms with E-state index < -0.39 is 0 Å². The third-order valence-corrected chi connectivity index (χ3v) is 4.22. The summed E-state index contributed by atoms with van der Waals surface area (Å²) in [5.74, 6) is 0.637. The molecular weight excluding hydrogens is 448 g/mol. The van der Waals surface area contributed by atoms with Crippen molar-refractivity contribution >= 4 is 45.9 Å². The first-order chi connectivity index (χ1) is 9.69. The predicted molar refractivity (Wildman–Crippen MR) is 100.0 cm³/mol. The Kier molecular flexibility index (Phi) is 8.55. The topological polar surface area (TPSA) is 36.4 Å². The normalized spacial score (nSPS) is 15.7. The number of hydrogen-bond donors (Lipinski definition) is 2. The van der Waals surface area contributed by atoms with Crippen LogP contribution in [0.1, 0.15) is 31.2 Å². The Bertz CT molecular complexity index is 476. The number of hydrogen-bond acceptors (Lipinski definition) is 1. The van der Waals surface area contributed by atoms with Crippen LogP contribution in [0.25, 0.3) is 0 Å². The maximum atomic E-state index is 13.1. The molecule has 0 spiro atoms. The third-order valence-electron chi connectivity index (χ3n) is 3.61. The first kappa shape index (κ1) is 18.7. The van der Waals surface area contributed by atoms with Crippen LogP contribution in [0.4, 0.5) is 4.39 Å². The molecule has 2 N–H and O–H groups in total. The molecule has 118 valence electrons. The molecule has 1 aliphatic carbocycles. The van der Waals surface area contributed by atoms with E-state index in [1.165, 1.54) is 31.7 Å². The maximum absolute atomic E-state index is 13.1. The van der Waals surface area contributed by atoms with Crippen LogP contribution >= 0.6 is 39.9 Å². The second-order valence-corrected chi connectivity index (χ2v) is 5.98. The van der Waals surface area contributed by atoms with Crippen molar-refractivity contribution in [1.29, 1.82) is 0 Å². The van der Waals surface area contributed by atoms with Crippen LogP contribution in [0, 0.1) is 5.82 Å². The number of halogens is 3. The molecule has 3 nitrogen and oxygen atoms in total. The van der Waals surface area contributed by atoms with E-state index in [1.54, 1.807) is 7.05 Å². The van der Waals surface area contributed by atoms with Crippen LogP contribution in [0.2, 0.25) is 0 Å². The average molecular weight is 470 g/mol. The van der Waals surface area contributed by atoms with Gasteiger partial charge in [-0.25, -0.2) is 4.39 Å². The molecule has 0 amide bonds. The van der Waals surface area contributed by atoms with E-state index in [9.17, 15) is 4.39 Å². The zero-order valence-corrected chi connectivity index (χ0v) is 16.1. The number of benzene rings is 1. The van der Waals surface area contributed by atoms with Crippen molar-refractivity contribution in [3.05, 3.63) is 34.1 Å². The van der Waals surface area contributed by atoms with Gasteiger partial charge in [0.1, 0.15) is 5.82 Å². The van der Waals surface area contributed by atoms with Gasteiger partial charge in [0.15, 0.2) is 5.96 Å². The summed E-state index contributed by atoms with van der Waals surface area (Å²) in [5.41, 5.74) is 1.10. The monoisotopic (exact) mass is 469 g/mol. The number of aliphatic imine (C=N–C) groups is 1. The molecule has 0 aliphatic heterocycles. The standard InChI is InChI=1S/C15H21BrFN3.HI/c1-18-15(20-12-4-2-3-5-12)19-9-8-11-6-7-14(17)13(16)10-11;/h6-7,10,12H,2-5,8-9H2,1H3,(H2,18,19,20);1H. The van der Waals surface area contributed by atoms with Crippen molar-refractivity contribution < 1.29 is 4.39 Å². The zero-order valence-electron chi connectivity index (χ0n) is 12.2. The molecule has 1 aromatic carbocycles. The molecule has 0 bridgehead atoms. The molecule has 0 atom stereocenters. The Morgan fingerprint density at radius 3 is 2.71 bits per heavy atom. The Hall–Kier alpha value is -0.370. The van der Waals surface area contributed by atoms with Gasteiger partial charge in [0.2, 0.25) is 0 Å². The SMILES string of the molecule is CN=C(NCCc1ccc(F)c(Br)c1)NC1CCCC1.I. The number of nitrogens with zero attached hydrogens (tertiary/aromatic N) is 1. The lowest BCUT2D eigenvalue weighted by molar-refractivity contribution is 0.612. The van der Waals surface area contributed by atoms with Gasteiger partial charge in [-0.05, 0) is 52.9 Å². The van der Waals surface area contributed by atoms with Gasteiger partial charge < -0.3 is 10.6 Å². The lowest BCUT2D eigenvalue weighted by Gasteiger charge is -2.16. The summed E-state index contributed by atoms with van der Waals surface area (Å²) in [5, 5.41) is 6.75. The smallest absolute Gasteiger partial charge is 0.191 e. The molecule has 6 heteroatoms.